The number of nitrogens with one attached hydrogen (secondary N) is 1. The SMILES string of the molecule is O=C(CNC[C@H]1CCCO1)N1CCC[C@H]1c1cccs1. The molecule has 0 saturated carbocycles. The van der Waals surface area contributed by atoms with Gasteiger partial charge in [-0.05, 0) is 37.1 Å². The van der Waals surface area contributed by atoms with E-state index in [-0.39, 0.29) is 5.91 Å². The van der Waals surface area contributed by atoms with E-state index in [1.54, 1.807) is 11.3 Å². The molecule has 110 valence electrons. The lowest BCUT2D eigenvalue weighted by molar-refractivity contribution is -0.131. The zero-order valence-corrected chi connectivity index (χ0v) is 12.5. The summed E-state index contributed by atoms with van der Waals surface area (Å²) >= 11 is 1.75. The molecule has 2 saturated heterocycles. The highest BCUT2D eigenvalue weighted by Crippen LogP contribution is 2.34. The maximum absolute atomic E-state index is 12.4. The second-order valence-electron chi connectivity index (χ2n) is 5.53. The summed E-state index contributed by atoms with van der Waals surface area (Å²) in [4.78, 5) is 15.7. The van der Waals surface area contributed by atoms with Crippen LogP contribution in [0.25, 0.3) is 0 Å². The maximum Gasteiger partial charge on any atom is 0.237 e. The molecule has 2 aliphatic rings. The Bertz CT molecular complexity index is 429. The molecule has 0 aromatic carbocycles. The van der Waals surface area contributed by atoms with Gasteiger partial charge in [-0.3, -0.25) is 4.79 Å². The molecule has 0 radical (unpaired) electrons. The summed E-state index contributed by atoms with van der Waals surface area (Å²) < 4.78 is 5.55. The zero-order valence-electron chi connectivity index (χ0n) is 11.7. The van der Waals surface area contributed by atoms with Crippen LogP contribution in [0.4, 0.5) is 0 Å². The van der Waals surface area contributed by atoms with Crippen molar-refractivity contribution in [1.29, 1.82) is 0 Å². The first kappa shape index (κ1) is 14.0. The van der Waals surface area contributed by atoms with Crippen LogP contribution in [-0.4, -0.2) is 43.2 Å². The average Bonchev–Trinajstić information content (AvgIpc) is 3.19. The van der Waals surface area contributed by atoms with Crippen LogP contribution in [-0.2, 0) is 9.53 Å². The van der Waals surface area contributed by atoms with E-state index >= 15 is 0 Å². The topological polar surface area (TPSA) is 41.6 Å². The molecular formula is C15H22N2O2S. The number of nitrogens with zero attached hydrogens (tertiary/aromatic N) is 1. The van der Waals surface area contributed by atoms with Crippen LogP contribution in [0.3, 0.4) is 0 Å². The first-order chi connectivity index (χ1) is 9.84. The number of carbonyl (C=O) groups is 1. The quantitative estimate of drug-likeness (QED) is 0.905. The van der Waals surface area contributed by atoms with Gasteiger partial charge >= 0.3 is 0 Å². The molecule has 1 aromatic heterocycles. The Morgan fingerprint density at radius 1 is 1.45 bits per heavy atom. The van der Waals surface area contributed by atoms with Crippen LogP contribution in [0.5, 0.6) is 0 Å². The van der Waals surface area contributed by atoms with E-state index in [4.69, 9.17) is 4.74 Å². The van der Waals surface area contributed by atoms with Crippen LogP contribution in [0.1, 0.15) is 36.6 Å². The van der Waals surface area contributed by atoms with Gasteiger partial charge in [0, 0.05) is 24.6 Å². The standard InChI is InChI=1S/C15H22N2O2S/c18-15(11-16-10-12-4-2-8-19-12)17-7-1-5-13(17)14-6-3-9-20-14/h3,6,9,12-13,16H,1-2,4-5,7-8,10-11H2/t12-,13+/m1/s1. The Hall–Kier alpha value is -0.910. The summed E-state index contributed by atoms with van der Waals surface area (Å²) in [5.41, 5.74) is 0. The van der Waals surface area contributed by atoms with Crippen LogP contribution < -0.4 is 5.32 Å². The number of carbonyl (C=O) groups excluding carboxylic acids is 1. The van der Waals surface area contributed by atoms with Crippen LogP contribution in [0, 0.1) is 0 Å². The van der Waals surface area contributed by atoms with Crippen LogP contribution >= 0.6 is 11.3 Å². The van der Waals surface area contributed by atoms with Gasteiger partial charge in [0.05, 0.1) is 18.7 Å². The molecule has 1 amide bonds. The molecule has 0 aliphatic carbocycles. The van der Waals surface area contributed by atoms with E-state index in [9.17, 15) is 4.79 Å². The monoisotopic (exact) mass is 294 g/mol. The number of thiophene rings is 1. The van der Waals surface area contributed by atoms with E-state index in [1.807, 2.05) is 4.90 Å². The van der Waals surface area contributed by atoms with Gasteiger partial charge in [-0.2, -0.15) is 0 Å². The third-order valence-electron chi connectivity index (χ3n) is 4.12. The molecule has 3 rings (SSSR count). The fraction of sp³-hybridized carbons (Fsp3) is 0.667. The normalized spacial score (nSPS) is 26.3. The molecular weight excluding hydrogens is 272 g/mol. The number of hydrogen-bond donors (Lipinski definition) is 1. The summed E-state index contributed by atoms with van der Waals surface area (Å²) in [6.07, 6.45) is 4.77. The highest BCUT2D eigenvalue weighted by atomic mass is 32.1. The molecule has 20 heavy (non-hydrogen) atoms. The minimum Gasteiger partial charge on any atom is -0.377 e. The van der Waals surface area contributed by atoms with Crippen molar-refractivity contribution < 1.29 is 9.53 Å². The number of hydrogen-bond acceptors (Lipinski definition) is 4. The Morgan fingerprint density at radius 3 is 3.15 bits per heavy atom. The Morgan fingerprint density at radius 2 is 2.40 bits per heavy atom. The number of amides is 1. The predicted molar refractivity (Wildman–Crippen MR) is 79.9 cm³/mol. The van der Waals surface area contributed by atoms with Crippen molar-refractivity contribution in [3.63, 3.8) is 0 Å². The van der Waals surface area contributed by atoms with E-state index in [1.165, 1.54) is 4.88 Å². The average molecular weight is 294 g/mol. The highest BCUT2D eigenvalue weighted by molar-refractivity contribution is 7.10. The van der Waals surface area contributed by atoms with E-state index in [2.05, 4.69) is 22.8 Å². The first-order valence-electron chi connectivity index (χ1n) is 7.50. The lowest BCUT2D eigenvalue weighted by Crippen LogP contribution is -2.39. The third-order valence-corrected chi connectivity index (χ3v) is 5.09. The molecule has 1 N–H and O–H groups in total. The van der Waals surface area contributed by atoms with Gasteiger partial charge in [0.2, 0.25) is 5.91 Å². The Balaban J connectivity index is 1.48. The van der Waals surface area contributed by atoms with Gasteiger partial charge < -0.3 is 15.0 Å². The second kappa shape index (κ2) is 6.70. The summed E-state index contributed by atoms with van der Waals surface area (Å²) in [6, 6.07) is 4.50. The van der Waals surface area contributed by atoms with Gasteiger partial charge in [-0.15, -0.1) is 11.3 Å². The lowest BCUT2D eigenvalue weighted by Gasteiger charge is -2.24. The summed E-state index contributed by atoms with van der Waals surface area (Å²) in [6.45, 7) is 2.99. The van der Waals surface area contributed by atoms with Gasteiger partial charge in [-0.1, -0.05) is 6.07 Å². The van der Waals surface area contributed by atoms with Crippen LogP contribution in [0.15, 0.2) is 17.5 Å². The minimum atomic E-state index is 0.221. The van der Waals surface area contributed by atoms with Gasteiger partial charge in [0.15, 0.2) is 0 Å². The molecule has 5 heteroatoms. The summed E-state index contributed by atoms with van der Waals surface area (Å²) in [5.74, 6) is 0.221. The molecule has 0 bridgehead atoms. The van der Waals surface area contributed by atoms with Gasteiger partial charge in [0.1, 0.15) is 0 Å². The highest BCUT2D eigenvalue weighted by Gasteiger charge is 2.30. The molecule has 2 aliphatic heterocycles. The van der Waals surface area contributed by atoms with Crippen molar-refractivity contribution in [1.82, 2.24) is 10.2 Å². The molecule has 0 spiro atoms. The Kier molecular flexibility index (Phi) is 4.70. The largest absolute Gasteiger partial charge is 0.377 e. The van der Waals surface area contributed by atoms with Crippen molar-refractivity contribution in [2.45, 2.75) is 37.8 Å². The summed E-state index contributed by atoms with van der Waals surface area (Å²) in [7, 11) is 0. The second-order valence-corrected chi connectivity index (χ2v) is 6.51. The number of rotatable bonds is 5. The lowest BCUT2D eigenvalue weighted by atomic mass is 10.2. The smallest absolute Gasteiger partial charge is 0.237 e. The zero-order chi connectivity index (χ0) is 13.8. The number of likely N-dealkylation sites (tertiary alicyclic amines) is 1. The molecule has 4 nitrogen and oxygen atoms in total. The van der Waals surface area contributed by atoms with E-state index in [0.29, 0.717) is 18.7 Å². The van der Waals surface area contributed by atoms with Gasteiger partial charge in [0.25, 0.3) is 0 Å². The molecule has 3 heterocycles. The van der Waals surface area contributed by atoms with Crippen molar-refractivity contribution in [3.8, 4) is 0 Å². The van der Waals surface area contributed by atoms with Crippen molar-refractivity contribution in [2.24, 2.45) is 0 Å². The molecule has 1 aromatic rings. The minimum absolute atomic E-state index is 0.221. The summed E-state index contributed by atoms with van der Waals surface area (Å²) in [5, 5.41) is 5.35. The van der Waals surface area contributed by atoms with E-state index < -0.39 is 0 Å². The van der Waals surface area contributed by atoms with E-state index in [0.717, 1.165) is 45.4 Å². The van der Waals surface area contributed by atoms with Crippen molar-refractivity contribution in [2.75, 3.05) is 26.2 Å². The Labute approximate surface area is 124 Å². The van der Waals surface area contributed by atoms with Crippen molar-refractivity contribution >= 4 is 17.2 Å². The molecule has 2 atom stereocenters. The van der Waals surface area contributed by atoms with Crippen molar-refractivity contribution in [3.05, 3.63) is 22.4 Å². The number of ether oxygens (including phenoxy) is 1. The van der Waals surface area contributed by atoms with Crippen LogP contribution in [0.2, 0.25) is 0 Å². The van der Waals surface area contributed by atoms with Gasteiger partial charge in [-0.25, -0.2) is 0 Å². The molecule has 2 fully saturated rings. The third kappa shape index (κ3) is 3.22. The fourth-order valence-electron chi connectivity index (χ4n) is 3.09. The predicted octanol–water partition coefficient (Wildman–Crippen LogP) is 2.18. The molecule has 0 unspecified atom stereocenters. The maximum atomic E-state index is 12.4. The fourth-order valence-corrected chi connectivity index (χ4v) is 3.96. The first-order valence-corrected chi connectivity index (χ1v) is 8.38.